The lowest BCUT2D eigenvalue weighted by Gasteiger charge is -2.30. The van der Waals surface area contributed by atoms with E-state index in [0.717, 1.165) is 26.1 Å². The molecule has 1 amide bonds. The number of nitrogens with one attached hydrogen (secondary N) is 2. The lowest BCUT2D eigenvalue weighted by Crippen LogP contribution is -2.54. The molecule has 2 atom stereocenters. The minimum absolute atomic E-state index is 0.0296. The molecule has 1 rings (SSSR count). The van der Waals surface area contributed by atoms with Gasteiger partial charge in [0, 0.05) is 25.3 Å². The first-order chi connectivity index (χ1) is 8.54. The zero-order valence-electron chi connectivity index (χ0n) is 11.6. The van der Waals surface area contributed by atoms with Crippen LogP contribution >= 0.6 is 0 Å². The number of carbonyl (C=O) groups excluding carboxylic acids is 1. The van der Waals surface area contributed by atoms with E-state index in [4.69, 9.17) is 9.84 Å². The third kappa shape index (κ3) is 4.92. The number of aliphatic hydroxyl groups is 1. The number of carbonyl (C=O) groups is 1. The second-order valence-corrected chi connectivity index (χ2v) is 5.37. The summed E-state index contributed by atoms with van der Waals surface area (Å²) in [5.41, 5.74) is 0. The average molecular weight is 258 g/mol. The van der Waals surface area contributed by atoms with Gasteiger partial charge in [0.1, 0.15) is 0 Å². The fourth-order valence-electron chi connectivity index (χ4n) is 2.07. The van der Waals surface area contributed by atoms with Crippen molar-refractivity contribution in [2.45, 2.75) is 51.7 Å². The van der Waals surface area contributed by atoms with Crippen LogP contribution < -0.4 is 10.6 Å². The topological polar surface area (TPSA) is 70.6 Å². The molecule has 18 heavy (non-hydrogen) atoms. The molecule has 5 nitrogen and oxygen atoms in total. The first-order valence-electron chi connectivity index (χ1n) is 6.79. The Morgan fingerprint density at radius 1 is 1.33 bits per heavy atom. The fraction of sp³-hybridized carbons (Fsp3) is 0.923. The van der Waals surface area contributed by atoms with E-state index in [9.17, 15) is 4.79 Å². The Kier molecular flexibility index (Phi) is 6.60. The van der Waals surface area contributed by atoms with E-state index in [2.05, 4.69) is 10.6 Å². The summed E-state index contributed by atoms with van der Waals surface area (Å²) in [5.74, 6) is 0.191. The number of amides is 1. The standard InChI is InChI=1S/C13H26N2O3/c1-9(2)12(13(17)14-10(3)8-16)15-11-4-6-18-7-5-11/h9-12,15-16H,4-8H2,1-3H3,(H,14,17)/t10-,12?/m0/s1. The highest BCUT2D eigenvalue weighted by atomic mass is 16.5. The van der Waals surface area contributed by atoms with Crippen LogP contribution in [0.4, 0.5) is 0 Å². The summed E-state index contributed by atoms with van der Waals surface area (Å²) < 4.78 is 5.31. The average Bonchev–Trinajstić information content (AvgIpc) is 2.36. The molecule has 1 aliphatic rings. The predicted octanol–water partition coefficient (Wildman–Crippen LogP) is 0.277. The number of hydrogen-bond donors (Lipinski definition) is 3. The van der Waals surface area contributed by atoms with Crippen molar-refractivity contribution in [3.63, 3.8) is 0 Å². The van der Waals surface area contributed by atoms with Gasteiger partial charge in [0.25, 0.3) is 0 Å². The van der Waals surface area contributed by atoms with Gasteiger partial charge in [-0.25, -0.2) is 0 Å². The number of hydrogen-bond acceptors (Lipinski definition) is 4. The number of rotatable bonds is 6. The van der Waals surface area contributed by atoms with Crippen molar-refractivity contribution < 1.29 is 14.6 Å². The molecule has 1 saturated heterocycles. The van der Waals surface area contributed by atoms with Gasteiger partial charge in [-0.2, -0.15) is 0 Å². The third-order valence-electron chi connectivity index (χ3n) is 3.25. The minimum Gasteiger partial charge on any atom is -0.394 e. The first-order valence-corrected chi connectivity index (χ1v) is 6.79. The van der Waals surface area contributed by atoms with Crippen molar-refractivity contribution in [1.82, 2.24) is 10.6 Å². The van der Waals surface area contributed by atoms with Crippen molar-refractivity contribution in [2.75, 3.05) is 19.8 Å². The third-order valence-corrected chi connectivity index (χ3v) is 3.25. The first kappa shape index (κ1) is 15.4. The highest BCUT2D eigenvalue weighted by Gasteiger charge is 2.26. The molecule has 1 fully saturated rings. The van der Waals surface area contributed by atoms with Crippen LogP contribution in [0.2, 0.25) is 0 Å². The normalized spacial score (nSPS) is 20.7. The summed E-state index contributed by atoms with van der Waals surface area (Å²) in [4.78, 5) is 12.1. The summed E-state index contributed by atoms with van der Waals surface area (Å²) in [6.07, 6.45) is 1.90. The SMILES string of the molecule is CC(C)C(NC1CCOCC1)C(=O)N[C@@H](C)CO. The molecule has 0 aromatic rings. The van der Waals surface area contributed by atoms with Gasteiger partial charge in [0.05, 0.1) is 12.6 Å². The molecule has 0 spiro atoms. The van der Waals surface area contributed by atoms with Crippen LogP contribution in [0.15, 0.2) is 0 Å². The smallest absolute Gasteiger partial charge is 0.237 e. The molecule has 0 aromatic carbocycles. The van der Waals surface area contributed by atoms with E-state index in [0.29, 0.717) is 6.04 Å². The van der Waals surface area contributed by atoms with Crippen LogP contribution in [0.1, 0.15) is 33.6 Å². The minimum atomic E-state index is -0.206. The lowest BCUT2D eigenvalue weighted by molar-refractivity contribution is -0.125. The molecule has 0 saturated carbocycles. The van der Waals surface area contributed by atoms with Gasteiger partial charge in [0.2, 0.25) is 5.91 Å². The van der Waals surface area contributed by atoms with Gasteiger partial charge in [-0.1, -0.05) is 13.8 Å². The van der Waals surface area contributed by atoms with Gasteiger partial charge in [0.15, 0.2) is 0 Å². The Labute approximate surface area is 109 Å². The monoisotopic (exact) mass is 258 g/mol. The van der Waals surface area contributed by atoms with E-state index in [1.807, 2.05) is 13.8 Å². The highest BCUT2D eigenvalue weighted by molar-refractivity contribution is 5.82. The van der Waals surface area contributed by atoms with Crippen molar-refractivity contribution in [2.24, 2.45) is 5.92 Å². The molecule has 0 bridgehead atoms. The molecule has 5 heteroatoms. The maximum absolute atomic E-state index is 12.1. The zero-order valence-corrected chi connectivity index (χ0v) is 11.6. The molecular formula is C13H26N2O3. The Morgan fingerprint density at radius 3 is 2.44 bits per heavy atom. The van der Waals surface area contributed by atoms with Crippen molar-refractivity contribution in [3.05, 3.63) is 0 Å². The van der Waals surface area contributed by atoms with Crippen molar-refractivity contribution in [3.8, 4) is 0 Å². The Hall–Kier alpha value is -0.650. The second kappa shape index (κ2) is 7.71. The van der Waals surface area contributed by atoms with Crippen molar-refractivity contribution >= 4 is 5.91 Å². The second-order valence-electron chi connectivity index (χ2n) is 5.37. The Morgan fingerprint density at radius 2 is 1.94 bits per heavy atom. The molecule has 1 heterocycles. The van der Waals surface area contributed by atoms with Crippen LogP contribution in [-0.2, 0) is 9.53 Å². The van der Waals surface area contributed by atoms with Gasteiger partial charge < -0.3 is 20.5 Å². The molecule has 0 aliphatic carbocycles. The van der Waals surface area contributed by atoms with E-state index < -0.39 is 0 Å². The highest BCUT2D eigenvalue weighted by Crippen LogP contribution is 2.11. The van der Waals surface area contributed by atoms with Crippen LogP contribution in [0.3, 0.4) is 0 Å². The van der Waals surface area contributed by atoms with Gasteiger partial charge in [-0.15, -0.1) is 0 Å². The van der Waals surface area contributed by atoms with E-state index >= 15 is 0 Å². The van der Waals surface area contributed by atoms with E-state index in [1.165, 1.54) is 0 Å². The molecule has 0 radical (unpaired) electrons. The maximum atomic E-state index is 12.1. The van der Waals surface area contributed by atoms with Crippen molar-refractivity contribution in [1.29, 1.82) is 0 Å². The van der Waals surface area contributed by atoms with Crippen LogP contribution in [0.5, 0.6) is 0 Å². The summed E-state index contributed by atoms with van der Waals surface area (Å²) in [7, 11) is 0. The molecule has 3 N–H and O–H groups in total. The molecule has 1 unspecified atom stereocenters. The van der Waals surface area contributed by atoms with Gasteiger partial charge >= 0.3 is 0 Å². The Bertz CT molecular complexity index is 253. The quantitative estimate of drug-likeness (QED) is 0.640. The fourth-order valence-corrected chi connectivity index (χ4v) is 2.07. The van der Waals surface area contributed by atoms with Crippen LogP contribution in [0, 0.1) is 5.92 Å². The van der Waals surface area contributed by atoms with E-state index in [1.54, 1.807) is 6.92 Å². The van der Waals surface area contributed by atoms with Gasteiger partial charge in [-0.05, 0) is 25.7 Å². The molecule has 106 valence electrons. The molecular weight excluding hydrogens is 232 g/mol. The summed E-state index contributed by atoms with van der Waals surface area (Å²) in [5, 5.41) is 15.2. The lowest BCUT2D eigenvalue weighted by atomic mass is 9.99. The maximum Gasteiger partial charge on any atom is 0.237 e. The molecule has 0 aromatic heterocycles. The van der Waals surface area contributed by atoms with Crippen LogP contribution in [-0.4, -0.2) is 49.0 Å². The predicted molar refractivity (Wildman–Crippen MR) is 70.3 cm³/mol. The van der Waals surface area contributed by atoms with E-state index in [-0.39, 0.29) is 30.5 Å². The molecule has 1 aliphatic heterocycles. The largest absolute Gasteiger partial charge is 0.394 e. The zero-order chi connectivity index (χ0) is 13.5. The number of ether oxygens (including phenoxy) is 1. The Balaban J connectivity index is 2.50. The van der Waals surface area contributed by atoms with Gasteiger partial charge in [-0.3, -0.25) is 4.79 Å². The summed E-state index contributed by atoms with van der Waals surface area (Å²) in [6, 6.07) is -0.0568. The number of aliphatic hydroxyl groups excluding tert-OH is 1. The summed E-state index contributed by atoms with van der Waals surface area (Å²) in [6.45, 7) is 7.34. The summed E-state index contributed by atoms with van der Waals surface area (Å²) >= 11 is 0. The van der Waals surface area contributed by atoms with Crippen LogP contribution in [0.25, 0.3) is 0 Å².